The van der Waals surface area contributed by atoms with E-state index in [0.29, 0.717) is 30.3 Å². The number of carbonyl (C=O) groups excluding carboxylic acids is 1. The molecule has 3 rings (SSSR count). The second kappa shape index (κ2) is 6.28. The summed E-state index contributed by atoms with van der Waals surface area (Å²) >= 11 is 0. The van der Waals surface area contributed by atoms with E-state index in [1.807, 2.05) is 24.3 Å². The Labute approximate surface area is 127 Å². The van der Waals surface area contributed by atoms with Gasteiger partial charge >= 0.3 is 6.03 Å². The molecule has 6 heteroatoms. The lowest BCUT2D eigenvalue weighted by molar-refractivity contribution is 0.256. The summed E-state index contributed by atoms with van der Waals surface area (Å²) < 4.78 is 10.6. The molecule has 0 atom stereocenters. The maximum absolute atomic E-state index is 11.3. The Morgan fingerprint density at radius 2 is 1.64 bits per heavy atom. The molecule has 2 amide bonds. The van der Waals surface area contributed by atoms with Crippen molar-refractivity contribution in [3.63, 3.8) is 0 Å². The molecule has 1 aliphatic rings. The highest BCUT2D eigenvalue weighted by atomic mass is 16.3. The van der Waals surface area contributed by atoms with Gasteiger partial charge in [-0.25, -0.2) is 4.79 Å². The molecule has 1 saturated heterocycles. The zero-order valence-electron chi connectivity index (χ0n) is 11.8. The largest absolute Gasteiger partial charge is 0.465 e. The van der Waals surface area contributed by atoms with Gasteiger partial charge in [-0.1, -0.05) is 0 Å². The van der Waals surface area contributed by atoms with Crippen LogP contribution in [0.3, 0.4) is 0 Å². The molecule has 0 unspecified atom stereocenters. The third-order valence-corrected chi connectivity index (χ3v) is 3.18. The Morgan fingerprint density at radius 3 is 2.05 bits per heavy atom. The molecule has 2 aromatic heterocycles. The molecule has 0 aliphatic carbocycles. The van der Waals surface area contributed by atoms with E-state index in [9.17, 15) is 4.79 Å². The van der Waals surface area contributed by atoms with Gasteiger partial charge in [-0.3, -0.25) is 0 Å². The predicted molar refractivity (Wildman–Crippen MR) is 83.3 cm³/mol. The van der Waals surface area contributed by atoms with E-state index < -0.39 is 6.03 Å². The van der Waals surface area contributed by atoms with Crippen LogP contribution in [-0.4, -0.2) is 24.8 Å². The van der Waals surface area contributed by atoms with Crippen LogP contribution >= 0.6 is 0 Å². The van der Waals surface area contributed by atoms with Crippen molar-refractivity contribution in [1.82, 2.24) is 5.32 Å². The average Bonchev–Trinajstić information content (AvgIpc) is 3.15. The van der Waals surface area contributed by atoms with Gasteiger partial charge in [0.05, 0.1) is 18.2 Å². The van der Waals surface area contributed by atoms with E-state index in [1.54, 1.807) is 24.7 Å². The number of urea groups is 1. The zero-order valence-corrected chi connectivity index (χ0v) is 11.8. The van der Waals surface area contributed by atoms with E-state index in [0.717, 1.165) is 11.1 Å². The number of hydrogen-bond donors (Lipinski definition) is 2. The van der Waals surface area contributed by atoms with Crippen LogP contribution in [-0.2, 0) is 0 Å². The third kappa shape index (κ3) is 3.24. The first-order valence-corrected chi connectivity index (χ1v) is 6.80. The first-order valence-electron chi connectivity index (χ1n) is 6.80. The Kier molecular flexibility index (Phi) is 4.02. The fourth-order valence-corrected chi connectivity index (χ4v) is 2.29. The minimum atomic E-state index is -0.729. The number of amides is 2. The van der Waals surface area contributed by atoms with Gasteiger partial charge in [0, 0.05) is 13.1 Å². The van der Waals surface area contributed by atoms with Crippen molar-refractivity contribution in [2.45, 2.75) is 0 Å². The Hall–Kier alpha value is -2.86. The van der Waals surface area contributed by atoms with Gasteiger partial charge in [0.1, 0.15) is 11.5 Å². The third-order valence-electron chi connectivity index (χ3n) is 3.18. The summed E-state index contributed by atoms with van der Waals surface area (Å²) in [4.78, 5) is 15.2. The number of aliphatic imine (C=N–C) groups is 1. The van der Waals surface area contributed by atoms with Gasteiger partial charge in [0.25, 0.3) is 0 Å². The zero-order chi connectivity index (χ0) is 15.4. The highest BCUT2D eigenvalue weighted by Crippen LogP contribution is 2.19. The molecule has 3 N–H and O–H groups in total. The standard InChI is InChI=1S/C16H15N3O3/c17-16(20)19-15-11(7-13-3-1-5-21-13)9-18-10-12(15)8-14-4-2-6-22-14/h1-8,18H,9-10H2,(H2,17,20)/b11-7+,12-8+. The molecule has 1 aliphatic heterocycles. The monoisotopic (exact) mass is 297 g/mol. The first-order chi connectivity index (χ1) is 10.7. The average molecular weight is 297 g/mol. The van der Waals surface area contributed by atoms with Crippen LogP contribution in [0.1, 0.15) is 11.5 Å². The van der Waals surface area contributed by atoms with Crippen molar-refractivity contribution in [2.24, 2.45) is 10.7 Å². The smallest absolute Gasteiger partial charge is 0.338 e. The molecule has 112 valence electrons. The Bertz CT molecular complexity index is 683. The van der Waals surface area contributed by atoms with Gasteiger partial charge in [-0.05, 0) is 47.6 Å². The van der Waals surface area contributed by atoms with E-state index in [4.69, 9.17) is 14.6 Å². The van der Waals surface area contributed by atoms with Crippen LogP contribution in [0, 0.1) is 0 Å². The molecule has 0 spiro atoms. The number of furan rings is 2. The summed E-state index contributed by atoms with van der Waals surface area (Å²) in [6.07, 6.45) is 6.86. The number of nitrogens with one attached hydrogen (secondary N) is 1. The summed E-state index contributed by atoms with van der Waals surface area (Å²) in [5.74, 6) is 1.38. The predicted octanol–water partition coefficient (Wildman–Crippen LogP) is 2.46. The van der Waals surface area contributed by atoms with E-state index in [2.05, 4.69) is 10.3 Å². The SMILES string of the molecule is NC(=O)N=C1/C(=C/c2ccco2)CNC/C1=C\c1ccco1. The van der Waals surface area contributed by atoms with Crippen molar-refractivity contribution in [3.8, 4) is 0 Å². The van der Waals surface area contributed by atoms with E-state index >= 15 is 0 Å². The second-order valence-corrected chi connectivity index (χ2v) is 4.77. The topological polar surface area (TPSA) is 93.8 Å². The van der Waals surface area contributed by atoms with Gasteiger partial charge in [-0.2, -0.15) is 4.99 Å². The second-order valence-electron chi connectivity index (χ2n) is 4.77. The minimum Gasteiger partial charge on any atom is -0.465 e. The van der Waals surface area contributed by atoms with Crippen molar-refractivity contribution in [3.05, 3.63) is 59.5 Å². The maximum atomic E-state index is 11.3. The number of hydrogen-bond acceptors (Lipinski definition) is 4. The summed E-state index contributed by atoms with van der Waals surface area (Å²) in [6, 6.07) is 6.53. The van der Waals surface area contributed by atoms with Crippen molar-refractivity contribution in [1.29, 1.82) is 0 Å². The number of carbonyl (C=O) groups is 1. The molecule has 6 nitrogen and oxygen atoms in total. The van der Waals surface area contributed by atoms with Crippen molar-refractivity contribution in [2.75, 3.05) is 13.1 Å². The summed E-state index contributed by atoms with van der Waals surface area (Å²) in [5, 5.41) is 3.26. The highest BCUT2D eigenvalue weighted by Gasteiger charge is 2.20. The maximum Gasteiger partial charge on any atom is 0.338 e. The quantitative estimate of drug-likeness (QED) is 0.890. The lowest BCUT2D eigenvalue weighted by atomic mass is 9.96. The molecule has 0 aromatic carbocycles. The lowest BCUT2D eigenvalue weighted by Crippen LogP contribution is -2.33. The minimum absolute atomic E-state index is 0.555. The van der Waals surface area contributed by atoms with E-state index in [1.165, 1.54) is 0 Å². The number of nitrogens with two attached hydrogens (primary N) is 1. The fraction of sp³-hybridized carbons (Fsp3) is 0.125. The van der Waals surface area contributed by atoms with Gasteiger partial charge in [-0.15, -0.1) is 0 Å². The van der Waals surface area contributed by atoms with Crippen molar-refractivity contribution < 1.29 is 13.6 Å². The Balaban J connectivity index is 2.02. The summed E-state index contributed by atoms with van der Waals surface area (Å²) in [6.45, 7) is 1.14. The highest BCUT2D eigenvalue weighted by molar-refractivity contribution is 6.20. The van der Waals surface area contributed by atoms with Gasteiger partial charge in [0.2, 0.25) is 0 Å². The van der Waals surface area contributed by atoms with Crippen LogP contribution in [0.5, 0.6) is 0 Å². The fourth-order valence-electron chi connectivity index (χ4n) is 2.29. The Morgan fingerprint density at radius 1 is 1.09 bits per heavy atom. The van der Waals surface area contributed by atoms with Gasteiger partial charge < -0.3 is 19.9 Å². The molecule has 3 heterocycles. The van der Waals surface area contributed by atoms with Crippen LogP contribution in [0.4, 0.5) is 4.79 Å². The molecule has 1 fully saturated rings. The summed E-state index contributed by atoms with van der Waals surface area (Å²) in [5.41, 5.74) is 7.46. The number of nitrogens with zero attached hydrogens (tertiary/aromatic N) is 1. The molecule has 0 saturated carbocycles. The van der Waals surface area contributed by atoms with E-state index in [-0.39, 0.29) is 0 Å². The molecular formula is C16H15N3O3. The van der Waals surface area contributed by atoms with Crippen LogP contribution in [0.15, 0.2) is 61.8 Å². The van der Waals surface area contributed by atoms with Gasteiger partial charge in [0.15, 0.2) is 0 Å². The van der Waals surface area contributed by atoms with Crippen LogP contribution in [0.25, 0.3) is 12.2 Å². The molecule has 22 heavy (non-hydrogen) atoms. The number of primary amides is 1. The molecular weight excluding hydrogens is 282 g/mol. The normalized spacial score (nSPS) is 18.8. The van der Waals surface area contributed by atoms with Crippen LogP contribution in [0.2, 0.25) is 0 Å². The number of piperidine rings is 1. The molecule has 0 radical (unpaired) electrons. The molecule has 0 bridgehead atoms. The first kappa shape index (κ1) is 14.1. The number of rotatable bonds is 2. The lowest BCUT2D eigenvalue weighted by Gasteiger charge is -2.21. The summed E-state index contributed by atoms with van der Waals surface area (Å²) in [7, 11) is 0. The van der Waals surface area contributed by atoms with Crippen LogP contribution < -0.4 is 11.1 Å². The molecule has 2 aromatic rings. The van der Waals surface area contributed by atoms with Crippen molar-refractivity contribution >= 4 is 23.9 Å².